The number of rotatable bonds is 7. The summed E-state index contributed by atoms with van der Waals surface area (Å²) in [7, 11) is 3.89. The molecule has 0 spiro atoms. The summed E-state index contributed by atoms with van der Waals surface area (Å²) in [6, 6.07) is 5.97. The number of ether oxygens (including phenoxy) is 1. The number of likely N-dealkylation sites (tertiary alicyclic amines) is 1. The van der Waals surface area contributed by atoms with Crippen molar-refractivity contribution in [2.45, 2.75) is 20.0 Å². The summed E-state index contributed by atoms with van der Waals surface area (Å²) in [5, 5.41) is 7.74. The molecule has 3 aromatic rings. The zero-order chi connectivity index (χ0) is 22.7. The van der Waals surface area contributed by atoms with E-state index in [1.807, 2.05) is 31.3 Å². The van der Waals surface area contributed by atoms with Crippen LogP contribution in [-0.2, 0) is 4.74 Å². The highest BCUT2D eigenvalue weighted by Gasteiger charge is 2.28. The average molecular weight is 435 g/mol. The van der Waals surface area contributed by atoms with Crippen LogP contribution in [0.25, 0.3) is 5.52 Å². The number of fused-ring (bicyclic) bond motifs is 1. The van der Waals surface area contributed by atoms with Crippen molar-refractivity contribution in [3.8, 4) is 0 Å². The molecule has 3 aromatic heterocycles. The molecule has 1 fully saturated rings. The molecule has 0 bridgehead atoms. The summed E-state index contributed by atoms with van der Waals surface area (Å²) in [6.45, 7) is 6.52. The first-order valence-electron chi connectivity index (χ1n) is 10.7. The highest BCUT2D eigenvalue weighted by Crippen LogP contribution is 2.21. The quantitative estimate of drug-likeness (QED) is 0.550. The first kappa shape index (κ1) is 21.9. The largest absolute Gasteiger partial charge is 0.404 e. The Morgan fingerprint density at radius 2 is 2.12 bits per heavy atom. The number of likely N-dealkylation sites (N-methyl/N-ethyl adjacent to an activating group) is 1. The molecule has 0 amide bonds. The van der Waals surface area contributed by atoms with E-state index < -0.39 is 0 Å². The Bertz CT molecular complexity index is 1130. The molecule has 0 aliphatic carbocycles. The number of nitrogens with one attached hydrogen (secondary N) is 1. The monoisotopic (exact) mass is 434 g/mol. The molecule has 32 heavy (non-hydrogen) atoms. The molecule has 2 atom stereocenters. The number of hydrogen-bond donors (Lipinski definition) is 2. The van der Waals surface area contributed by atoms with Gasteiger partial charge < -0.3 is 20.7 Å². The highest BCUT2D eigenvalue weighted by atomic mass is 16.5. The normalized spacial score (nSPS) is 20.2. The van der Waals surface area contributed by atoms with Crippen molar-refractivity contribution >= 4 is 22.9 Å². The third-order valence-electron chi connectivity index (χ3n) is 5.68. The van der Waals surface area contributed by atoms with E-state index in [1.165, 1.54) is 0 Å². The van der Waals surface area contributed by atoms with Crippen molar-refractivity contribution in [3.63, 3.8) is 0 Å². The van der Waals surface area contributed by atoms with Crippen molar-refractivity contribution in [2.24, 2.45) is 16.6 Å². The minimum Gasteiger partial charge on any atom is -0.404 e. The average Bonchev–Trinajstić information content (AvgIpc) is 3.33. The smallest absolute Gasteiger partial charge is 0.154 e. The highest BCUT2D eigenvalue weighted by molar-refractivity contribution is 6.13. The molecule has 1 aliphatic rings. The van der Waals surface area contributed by atoms with Crippen LogP contribution in [0.1, 0.15) is 18.2 Å². The molecule has 0 aromatic carbocycles. The van der Waals surface area contributed by atoms with Gasteiger partial charge in [-0.1, -0.05) is 6.92 Å². The first-order chi connectivity index (χ1) is 15.5. The zero-order valence-electron chi connectivity index (χ0n) is 19.0. The van der Waals surface area contributed by atoms with Crippen molar-refractivity contribution in [1.82, 2.24) is 24.5 Å². The Morgan fingerprint density at radius 3 is 2.78 bits per heavy atom. The van der Waals surface area contributed by atoms with Crippen LogP contribution in [0.15, 0.2) is 53.6 Å². The lowest BCUT2D eigenvalue weighted by atomic mass is 10.0. The van der Waals surface area contributed by atoms with Gasteiger partial charge in [-0.15, -0.1) is 0 Å². The fraction of sp³-hybridized carbons (Fsp3) is 0.391. The summed E-state index contributed by atoms with van der Waals surface area (Å²) in [5.41, 5.74) is 10.4. The van der Waals surface area contributed by atoms with Crippen LogP contribution in [0.4, 0.5) is 11.6 Å². The van der Waals surface area contributed by atoms with Crippen LogP contribution in [-0.4, -0.2) is 70.1 Å². The van der Waals surface area contributed by atoms with Gasteiger partial charge in [-0.2, -0.15) is 5.10 Å². The number of nitrogens with zero attached hydrogens (tertiary/aromatic N) is 6. The van der Waals surface area contributed by atoms with E-state index in [9.17, 15) is 0 Å². The van der Waals surface area contributed by atoms with Gasteiger partial charge >= 0.3 is 0 Å². The van der Waals surface area contributed by atoms with Gasteiger partial charge in [-0.05, 0) is 32.0 Å². The van der Waals surface area contributed by atoms with Crippen LogP contribution in [0.3, 0.4) is 0 Å². The van der Waals surface area contributed by atoms with E-state index in [0.717, 1.165) is 41.1 Å². The third kappa shape index (κ3) is 4.79. The number of pyridine rings is 1. The van der Waals surface area contributed by atoms with Gasteiger partial charge in [0.1, 0.15) is 5.82 Å². The molecule has 1 aliphatic heterocycles. The van der Waals surface area contributed by atoms with Crippen LogP contribution in [0.5, 0.6) is 0 Å². The van der Waals surface area contributed by atoms with E-state index in [1.54, 1.807) is 30.2 Å². The first-order valence-corrected chi connectivity index (χ1v) is 10.7. The molecule has 0 saturated carbocycles. The summed E-state index contributed by atoms with van der Waals surface area (Å²) in [6.07, 6.45) is 7.10. The summed E-state index contributed by atoms with van der Waals surface area (Å²) >= 11 is 0. The Labute approximate surface area is 188 Å². The fourth-order valence-corrected chi connectivity index (χ4v) is 4.03. The van der Waals surface area contributed by atoms with E-state index in [2.05, 4.69) is 44.2 Å². The molecule has 4 heterocycles. The minimum absolute atomic E-state index is 0.198. The molecule has 168 valence electrons. The molecule has 9 nitrogen and oxygen atoms in total. The predicted octanol–water partition coefficient (Wildman–Crippen LogP) is 2.40. The Kier molecular flexibility index (Phi) is 6.48. The lowest BCUT2D eigenvalue weighted by molar-refractivity contribution is 0.0565. The molecule has 4 rings (SSSR count). The van der Waals surface area contributed by atoms with Crippen LogP contribution in [0.2, 0.25) is 0 Å². The Hall–Kier alpha value is -3.30. The second-order valence-electron chi connectivity index (χ2n) is 8.29. The fourth-order valence-electron chi connectivity index (χ4n) is 4.03. The lowest BCUT2D eigenvalue weighted by Crippen LogP contribution is -2.24. The van der Waals surface area contributed by atoms with Crippen molar-refractivity contribution in [3.05, 3.63) is 59.8 Å². The maximum absolute atomic E-state index is 6.20. The number of hydrogen-bond acceptors (Lipinski definition) is 8. The molecular weight excluding hydrogens is 404 g/mol. The van der Waals surface area contributed by atoms with Gasteiger partial charge in [0, 0.05) is 49.7 Å². The third-order valence-corrected chi connectivity index (χ3v) is 5.68. The SMILES string of the molecule is CN=C(/C(=C/N)CO[C@@H]1CN(C)C[C@H]1C)c1ccn2nc(Nc3cnc(C)cn3)cc2c1. The summed E-state index contributed by atoms with van der Waals surface area (Å²) in [4.78, 5) is 15.4. The number of aliphatic imine (C=N–C) groups is 1. The number of anilines is 2. The van der Waals surface area contributed by atoms with Gasteiger partial charge in [-0.25, -0.2) is 9.50 Å². The molecule has 0 unspecified atom stereocenters. The predicted molar refractivity (Wildman–Crippen MR) is 126 cm³/mol. The van der Waals surface area contributed by atoms with Crippen molar-refractivity contribution < 1.29 is 4.74 Å². The van der Waals surface area contributed by atoms with Crippen molar-refractivity contribution in [2.75, 3.05) is 39.1 Å². The lowest BCUT2D eigenvalue weighted by Gasteiger charge is -2.18. The maximum Gasteiger partial charge on any atom is 0.154 e. The van der Waals surface area contributed by atoms with E-state index in [4.69, 9.17) is 10.5 Å². The summed E-state index contributed by atoms with van der Waals surface area (Å²) < 4.78 is 8.00. The van der Waals surface area contributed by atoms with Crippen LogP contribution < -0.4 is 11.1 Å². The molecule has 3 N–H and O–H groups in total. The van der Waals surface area contributed by atoms with Gasteiger partial charge in [-0.3, -0.25) is 9.98 Å². The number of aromatic nitrogens is 4. The van der Waals surface area contributed by atoms with Crippen LogP contribution in [0, 0.1) is 12.8 Å². The minimum atomic E-state index is 0.198. The van der Waals surface area contributed by atoms with E-state index in [0.29, 0.717) is 24.2 Å². The zero-order valence-corrected chi connectivity index (χ0v) is 19.0. The second-order valence-corrected chi connectivity index (χ2v) is 8.29. The Balaban J connectivity index is 1.50. The van der Waals surface area contributed by atoms with Gasteiger partial charge in [0.25, 0.3) is 0 Å². The summed E-state index contributed by atoms with van der Waals surface area (Å²) in [5.74, 6) is 1.83. The van der Waals surface area contributed by atoms with Gasteiger partial charge in [0.05, 0.1) is 42.0 Å². The standard InChI is InChI=1S/C23H30N8O/c1-15-12-30(4)13-20(15)32-14-18(9-24)23(25-3)17-5-6-31-19(7-17)8-21(29-31)28-22-11-26-16(2)10-27-22/h5-11,15,20H,12-14,24H2,1-4H3,(H,27,28,29)/b18-9+,25-23?/t15-,20-/m1/s1. The van der Waals surface area contributed by atoms with E-state index >= 15 is 0 Å². The van der Waals surface area contributed by atoms with Gasteiger partial charge in [0.2, 0.25) is 0 Å². The van der Waals surface area contributed by atoms with Gasteiger partial charge in [0.15, 0.2) is 5.82 Å². The topological polar surface area (TPSA) is 106 Å². The van der Waals surface area contributed by atoms with E-state index in [-0.39, 0.29) is 6.10 Å². The number of aryl methyl sites for hydroxylation is 1. The molecule has 0 radical (unpaired) electrons. The second kappa shape index (κ2) is 9.46. The molecular formula is C23H30N8O. The van der Waals surface area contributed by atoms with Crippen LogP contribution >= 0.6 is 0 Å². The maximum atomic E-state index is 6.20. The molecule has 1 saturated heterocycles. The molecule has 9 heteroatoms. The van der Waals surface area contributed by atoms with Crippen molar-refractivity contribution in [1.29, 1.82) is 0 Å². The number of nitrogens with two attached hydrogens (primary N) is 1. The Morgan fingerprint density at radius 1 is 1.28 bits per heavy atom.